The van der Waals surface area contributed by atoms with Crippen LogP contribution in [-0.2, 0) is 17.8 Å². The normalized spacial score (nSPS) is 11.3. The van der Waals surface area contributed by atoms with E-state index in [2.05, 4.69) is 39.6 Å². The molecule has 1 amide bonds. The Labute approximate surface area is 157 Å². The molecule has 0 unspecified atom stereocenters. The number of aromatic nitrogens is 4. The highest BCUT2D eigenvalue weighted by Gasteiger charge is 2.15. The van der Waals surface area contributed by atoms with E-state index in [0.717, 1.165) is 28.3 Å². The first-order chi connectivity index (χ1) is 12.3. The number of amides is 1. The highest BCUT2D eigenvalue weighted by atomic mass is 32.1. The lowest BCUT2D eigenvalue weighted by Gasteiger charge is -2.10. The van der Waals surface area contributed by atoms with E-state index in [-0.39, 0.29) is 12.5 Å². The van der Waals surface area contributed by atoms with Gasteiger partial charge in [0.25, 0.3) is 0 Å². The lowest BCUT2D eigenvalue weighted by molar-refractivity contribution is -0.129. The van der Waals surface area contributed by atoms with Gasteiger partial charge in [0.1, 0.15) is 23.0 Å². The van der Waals surface area contributed by atoms with Crippen molar-refractivity contribution in [2.75, 3.05) is 19.4 Å². The Balaban J connectivity index is 1.90. The molecule has 0 radical (unpaired) electrons. The zero-order valence-corrected chi connectivity index (χ0v) is 16.6. The van der Waals surface area contributed by atoms with E-state index in [1.165, 1.54) is 5.56 Å². The number of nitrogens with zero attached hydrogens (tertiary/aromatic N) is 5. The first-order valence-corrected chi connectivity index (χ1v) is 9.46. The third-order valence-corrected chi connectivity index (χ3v) is 4.85. The second-order valence-electron chi connectivity index (χ2n) is 6.97. The van der Waals surface area contributed by atoms with Crippen molar-refractivity contribution in [1.82, 2.24) is 24.6 Å². The van der Waals surface area contributed by atoms with Crippen LogP contribution in [-0.4, -0.2) is 44.7 Å². The Kier molecular flexibility index (Phi) is 5.22. The maximum absolute atomic E-state index is 11.8. The Bertz CT molecular complexity index is 927. The maximum Gasteiger partial charge on any atom is 0.243 e. The molecule has 1 N–H and O–H groups in total. The van der Waals surface area contributed by atoms with Gasteiger partial charge in [-0.3, -0.25) is 9.48 Å². The first kappa shape index (κ1) is 18.3. The average Bonchev–Trinajstić information content (AvgIpc) is 3.14. The number of rotatable bonds is 6. The smallest absolute Gasteiger partial charge is 0.243 e. The predicted octanol–water partition coefficient (Wildman–Crippen LogP) is 3.23. The van der Waals surface area contributed by atoms with Crippen LogP contribution in [0.5, 0.6) is 0 Å². The number of hydrogen-bond donors (Lipinski definition) is 1. The molecule has 7 nitrogen and oxygen atoms in total. The molecule has 0 bridgehead atoms. The van der Waals surface area contributed by atoms with Crippen molar-refractivity contribution in [3.8, 4) is 0 Å². The second kappa shape index (κ2) is 7.41. The largest absolute Gasteiger partial charge is 0.347 e. The minimum atomic E-state index is -0.00280. The van der Waals surface area contributed by atoms with Crippen molar-refractivity contribution in [1.29, 1.82) is 0 Å². The molecule has 0 aliphatic rings. The molecule has 0 aromatic carbocycles. The van der Waals surface area contributed by atoms with Gasteiger partial charge in [-0.2, -0.15) is 5.10 Å². The molecule has 3 heterocycles. The third-order valence-electron chi connectivity index (χ3n) is 3.93. The van der Waals surface area contributed by atoms with E-state index < -0.39 is 0 Å². The molecule has 8 heteroatoms. The number of hydrogen-bond acceptors (Lipinski definition) is 6. The standard InChI is InChI=1S/C18H24N6OS/c1-11(2)8-13-10-26-18-16(13)17(19-12(3)20-18)21-14-6-7-24(22-14)9-15(25)23(4)5/h6-7,10-11H,8-9H2,1-5H3,(H,19,20,21,22). The van der Waals surface area contributed by atoms with Crippen LogP contribution in [0.2, 0.25) is 0 Å². The number of fused-ring (bicyclic) bond motifs is 1. The van der Waals surface area contributed by atoms with Gasteiger partial charge in [0.05, 0.1) is 5.39 Å². The van der Waals surface area contributed by atoms with Crippen LogP contribution in [0, 0.1) is 12.8 Å². The van der Waals surface area contributed by atoms with Crippen LogP contribution < -0.4 is 5.32 Å². The van der Waals surface area contributed by atoms with E-state index in [0.29, 0.717) is 11.7 Å². The molecule has 26 heavy (non-hydrogen) atoms. The molecule has 0 aliphatic carbocycles. The van der Waals surface area contributed by atoms with Gasteiger partial charge in [-0.25, -0.2) is 9.97 Å². The Morgan fingerprint density at radius 3 is 2.81 bits per heavy atom. The summed E-state index contributed by atoms with van der Waals surface area (Å²) in [6.45, 7) is 6.51. The zero-order chi connectivity index (χ0) is 18.8. The average molecular weight is 372 g/mol. The van der Waals surface area contributed by atoms with Crippen molar-refractivity contribution in [2.24, 2.45) is 5.92 Å². The zero-order valence-electron chi connectivity index (χ0n) is 15.8. The molecule has 0 atom stereocenters. The summed E-state index contributed by atoms with van der Waals surface area (Å²) in [6.07, 6.45) is 2.77. The molecule has 0 spiro atoms. The van der Waals surface area contributed by atoms with Gasteiger partial charge >= 0.3 is 0 Å². The Morgan fingerprint density at radius 1 is 1.35 bits per heavy atom. The SMILES string of the molecule is Cc1nc(Nc2ccn(CC(=O)N(C)C)n2)c2c(CC(C)C)csc2n1. The molecule has 3 aromatic rings. The fourth-order valence-electron chi connectivity index (χ4n) is 2.71. The van der Waals surface area contributed by atoms with Crippen LogP contribution in [0.4, 0.5) is 11.6 Å². The van der Waals surface area contributed by atoms with Crippen LogP contribution in [0.1, 0.15) is 25.2 Å². The number of thiophene rings is 1. The summed E-state index contributed by atoms with van der Waals surface area (Å²) in [4.78, 5) is 23.5. The summed E-state index contributed by atoms with van der Waals surface area (Å²) in [5.74, 6) is 2.71. The van der Waals surface area contributed by atoms with Gasteiger partial charge in [0.15, 0.2) is 5.82 Å². The van der Waals surface area contributed by atoms with E-state index in [4.69, 9.17) is 0 Å². The second-order valence-corrected chi connectivity index (χ2v) is 7.83. The predicted molar refractivity (Wildman–Crippen MR) is 105 cm³/mol. The number of anilines is 2. The molecule has 3 aromatic heterocycles. The number of aryl methyl sites for hydroxylation is 1. The lowest BCUT2D eigenvalue weighted by atomic mass is 10.0. The lowest BCUT2D eigenvalue weighted by Crippen LogP contribution is -2.26. The summed E-state index contributed by atoms with van der Waals surface area (Å²) >= 11 is 1.64. The van der Waals surface area contributed by atoms with Crippen LogP contribution >= 0.6 is 11.3 Å². The van der Waals surface area contributed by atoms with Crippen molar-refractivity contribution >= 4 is 39.1 Å². The van der Waals surface area contributed by atoms with Crippen molar-refractivity contribution in [3.05, 3.63) is 29.0 Å². The Hall–Kier alpha value is -2.48. The van der Waals surface area contributed by atoms with Crippen molar-refractivity contribution in [2.45, 2.75) is 33.7 Å². The summed E-state index contributed by atoms with van der Waals surface area (Å²) in [5.41, 5.74) is 1.25. The van der Waals surface area contributed by atoms with Gasteiger partial charge in [-0.15, -0.1) is 11.3 Å². The monoisotopic (exact) mass is 372 g/mol. The third kappa shape index (κ3) is 4.01. The number of carbonyl (C=O) groups is 1. The summed E-state index contributed by atoms with van der Waals surface area (Å²) in [7, 11) is 3.47. The van der Waals surface area contributed by atoms with Crippen LogP contribution in [0.25, 0.3) is 10.2 Å². The molecular formula is C18H24N6OS. The van der Waals surface area contributed by atoms with Gasteiger partial charge in [0, 0.05) is 26.4 Å². The van der Waals surface area contributed by atoms with E-state index in [1.807, 2.05) is 13.0 Å². The molecule has 138 valence electrons. The Morgan fingerprint density at radius 2 is 2.12 bits per heavy atom. The molecule has 0 fully saturated rings. The molecular weight excluding hydrogens is 348 g/mol. The number of carbonyl (C=O) groups excluding carboxylic acids is 1. The van der Waals surface area contributed by atoms with Gasteiger partial charge < -0.3 is 10.2 Å². The molecule has 3 rings (SSSR count). The fourth-order valence-corrected chi connectivity index (χ4v) is 3.70. The summed E-state index contributed by atoms with van der Waals surface area (Å²) < 4.78 is 1.62. The molecule has 0 saturated carbocycles. The fraction of sp³-hybridized carbons (Fsp3) is 0.444. The van der Waals surface area contributed by atoms with Gasteiger partial charge in [-0.05, 0) is 30.2 Å². The molecule has 0 saturated heterocycles. The number of nitrogens with one attached hydrogen (secondary N) is 1. The van der Waals surface area contributed by atoms with Crippen LogP contribution in [0.15, 0.2) is 17.6 Å². The van der Waals surface area contributed by atoms with E-state index in [9.17, 15) is 4.79 Å². The topological polar surface area (TPSA) is 75.9 Å². The number of likely N-dealkylation sites (N-methyl/N-ethyl adjacent to an activating group) is 1. The summed E-state index contributed by atoms with van der Waals surface area (Å²) in [6, 6.07) is 1.85. The van der Waals surface area contributed by atoms with Crippen molar-refractivity contribution < 1.29 is 4.79 Å². The highest BCUT2D eigenvalue weighted by Crippen LogP contribution is 2.32. The van der Waals surface area contributed by atoms with Crippen molar-refractivity contribution in [3.63, 3.8) is 0 Å². The van der Waals surface area contributed by atoms with Gasteiger partial charge in [0.2, 0.25) is 5.91 Å². The highest BCUT2D eigenvalue weighted by molar-refractivity contribution is 7.17. The minimum Gasteiger partial charge on any atom is -0.347 e. The van der Waals surface area contributed by atoms with Gasteiger partial charge in [-0.1, -0.05) is 13.8 Å². The summed E-state index contributed by atoms with van der Waals surface area (Å²) in [5, 5.41) is 11.0. The van der Waals surface area contributed by atoms with E-state index >= 15 is 0 Å². The molecule has 0 aliphatic heterocycles. The van der Waals surface area contributed by atoms with Crippen LogP contribution in [0.3, 0.4) is 0 Å². The minimum absolute atomic E-state index is 0.00280. The quantitative estimate of drug-likeness (QED) is 0.719. The van der Waals surface area contributed by atoms with E-state index in [1.54, 1.807) is 41.2 Å². The first-order valence-electron chi connectivity index (χ1n) is 8.59. The maximum atomic E-state index is 11.8.